The molecule has 4 rings (SSSR count). The summed E-state index contributed by atoms with van der Waals surface area (Å²) in [6.45, 7) is 4.47. The molecule has 0 radical (unpaired) electrons. The molecule has 3 aromatic rings. The summed E-state index contributed by atoms with van der Waals surface area (Å²) in [4.78, 5) is 39.9. The summed E-state index contributed by atoms with van der Waals surface area (Å²) in [7, 11) is 0. The number of hydrogen-bond acceptors (Lipinski definition) is 9. The number of hydrogen-bond donors (Lipinski definition) is 2. The van der Waals surface area contributed by atoms with Crippen LogP contribution in [0.2, 0.25) is 0 Å². The zero-order chi connectivity index (χ0) is 24.9. The molecule has 35 heavy (non-hydrogen) atoms. The van der Waals surface area contributed by atoms with E-state index in [2.05, 4.69) is 20.3 Å². The molecule has 0 unspecified atom stereocenters. The molecule has 0 bridgehead atoms. The maximum absolute atomic E-state index is 12.6. The Kier molecular flexibility index (Phi) is 7.06. The number of aromatic hydroxyl groups is 1. The number of carbonyl (C=O) groups is 2. The molecule has 1 saturated heterocycles. The van der Waals surface area contributed by atoms with Crippen molar-refractivity contribution in [1.29, 1.82) is 5.26 Å². The minimum Gasteiger partial charge on any atom is -0.505 e. The highest BCUT2D eigenvalue weighted by Gasteiger charge is 2.31. The summed E-state index contributed by atoms with van der Waals surface area (Å²) in [5.41, 5.74) is 1.28. The minimum atomic E-state index is -0.551. The Morgan fingerprint density at radius 1 is 1.23 bits per heavy atom. The van der Waals surface area contributed by atoms with Crippen LogP contribution in [0.5, 0.6) is 5.75 Å². The molecule has 1 atom stereocenters. The van der Waals surface area contributed by atoms with Gasteiger partial charge in [-0.05, 0) is 56.9 Å². The second-order valence-electron chi connectivity index (χ2n) is 8.59. The van der Waals surface area contributed by atoms with Crippen molar-refractivity contribution < 1.29 is 19.4 Å². The molecule has 180 valence electrons. The Bertz CT molecular complexity index is 1290. The molecule has 0 aromatic carbocycles. The first kappa shape index (κ1) is 23.9. The van der Waals surface area contributed by atoms with Crippen LogP contribution in [0.15, 0.2) is 36.7 Å². The monoisotopic (exact) mass is 474 g/mol. The van der Waals surface area contributed by atoms with Gasteiger partial charge in [0.15, 0.2) is 11.4 Å². The van der Waals surface area contributed by atoms with E-state index in [1.54, 1.807) is 24.3 Å². The highest BCUT2D eigenvalue weighted by Crippen LogP contribution is 2.30. The second-order valence-corrected chi connectivity index (χ2v) is 8.59. The van der Waals surface area contributed by atoms with Crippen molar-refractivity contribution >= 4 is 28.6 Å². The van der Waals surface area contributed by atoms with Gasteiger partial charge in [-0.15, -0.1) is 0 Å². The van der Waals surface area contributed by atoms with E-state index in [4.69, 9.17) is 10.00 Å². The lowest BCUT2D eigenvalue weighted by Crippen LogP contribution is -2.46. The van der Waals surface area contributed by atoms with Crippen molar-refractivity contribution in [3.8, 4) is 11.8 Å². The van der Waals surface area contributed by atoms with Crippen molar-refractivity contribution in [2.45, 2.75) is 51.8 Å². The summed E-state index contributed by atoms with van der Waals surface area (Å²) >= 11 is 0. The van der Waals surface area contributed by atoms with Crippen LogP contribution in [0.25, 0.3) is 10.9 Å². The Balaban J connectivity index is 1.53. The summed E-state index contributed by atoms with van der Waals surface area (Å²) in [6, 6.07) is 8.18. The lowest BCUT2D eigenvalue weighted by Gasteiger charge is -2.35. The maximum Gasteiger partial charge on any atom is 0.329 e. The zero-order valence-electron chi connectivity index (χ0n) is 19.6. The summed E-state index contributed by atoms with van der Waals surface area (Å²) < 4.78 is 5.43. The zero-order valence-corrected chi connectivity index (χ0v) is 19.6. The van der Waals surface area contributed by atoms with E-state index in [-0.39, 0.29) is 35.8 Å². The number of aromatic nitrogens is 3. The Morgan fingerprint density at radius 2 is 2.06 bits per heavy atom. The molecule has 3 aromatic heterocycles. The average Bonchev–Trinajstić information content (AvgIpc) is 2.87. The predicted molar refractivity (Wildman–Crippen MR) is 128 cm³/mol. The Labute approximate surface area is 202 Å². The van der Waals surface area contributed by atoms with Crippen LogP contribution in [0.3, 0.4) is 0 Å². The molecule has 1 aliphatic rings. The van der Waals surface area contributed by atoms with Gasteiger partial charge in [-0.25, -0.2) is 19.7 Å². The van der Waals surface area contributed by atoms with Gasteiger partial charge in [0, 0.05) is 24.7 Å². The van der Waals surface area contributed by atoms with Gasteiger partial charge in [0.25, 0.3) is 5.91 Å². The standard InChI is InChI=1S/C25H26N6O4/c1-15(2)35-25(34)20-5-3-4-10-31(20)21-9-8-18-19(30-21)14-28-22(23(18)32)24(33)29-13-16-6-7-17(11-26)27-12-16/h6-9,12,14-15,20,32H,3-5,10,13H2,1-2H3,(H,29,33)/t20-/m1/s1. The van der Waals surface area contributed by atoms with Crippen LogP contribution < -0.4 is 10.2 Å². The molecule has 1 amide bonds. The number of carbonyl (C=O) groups excluding carboxylic acids is 2. The predicted octanol–water partition coefficient (Wildman–Crippen LogP) is 2.84. The van der Waals surface area contributed by atoms with E-state index in [9.17, 15) is 14.7 Å². The lowest BCUT2D eigenvalue weighted by molar-refractivity contribution is -0.149. The van der Waals surface area contributed by atoms with Crippen LogP contribution in [0.4, 0.5) is 5.82 Å². The SMILES string of the molecule is CC(C)OC(=O)[C@H]1CCCCN1c1ccc2c(O)c(C(=O)NCc3ccc(C#N)nc3)ncc2n1. The van der Waals surface area contributed by atoms with Crippen LogP contribution in [-0.2, 0) is 16.1 Å². The van der Waals surface area contributed by atoms with E-state index in [1.807, 2.05) is 24.8 Å². The summed E-state index contributed by atoms with van der Waals surface area (Å²) in [6.07, 6.45) is 5.28. The van der Waals surface area contributed by atoms with Gasteiger partial charge in [-0.1, -0.05) is 6.07 Å². The molecule has 1 fully saturated rings. The number of ether oxygens (including phenoxy) is 1. The summed E-state index contributed by atoms with van der Waals surface area (Å²) in [5.74, 6) is -0.501. The van der Waals surface area contributed by atoms with Crippen LogP contribution in [0, 0.1) is 11.3 Å². The number of anilines is 1. The molecule has 0 aliphatic carbocycles. The van der Waals surface area contributed by atoms with Crippen molar-refractivity contribution in [3.63, 3.8) is 0 Å². The number of nitrogens with one attached hydrogen (secondary N) is 1. The van der Waals surface area contributed by atoms with Gasteiger partial charge in [0.1, 0.15) is 23.6 Å². The molecular formula is C25H26N6O4. The fourth-order valence-corrected chi connectivity index (χ4v) is 4.03. The van der Waals surface area contributed by atoms with Gasteiger partial charge in [-0.2, -0.15) is 5.26 Å². The van der Waals surface area contributed by atoms with Crippen LogP contribution >= 0.6 is 0 Å². The van der Waals surface area contributed by atoms with E-state index in [0.717, 1.165) is 12.8 Å². The molecule has 2 N–H and O–H groups in total. The quantitative estimate of drug-likeness (QED) is 0.516. The number of amides is 1. The number of fused-ring (bicyclic) bond motifs is 1. The van der Waals surface area contributed by atoms with Crippen LogP contribution in [0.1, 0.15) is 54.9 Å². The Hall–Kier alpha value is -4.26. The number of nitrogens with zero attached hydrogens (tertiary/aromatic N) is 5. The Morgan fingerprint density at radius 3 is 2.77 bits per heavy atom. The van der Waals surface area contributed by atoms with Gasteiger partial charge < -0.3 is 20.1 Å². The maximum atomic E-state index is 12.6. The largest absolute Gasteiger partial charge is 0.505 e. The van der Waals surface area contributed by atoms with Crippen molar-refractivity contribution in [2.75, 3.05) is 11.4 Å². The minimum absolute atomic E-state index is 0.120. The second kappa shape index (κ2) is 10.3. The number of esters is 1. The normalized spacial score (nSPS) is 15.6. The molecule has 10 nitrogen and oxygen atoms in total. The number of nitriles is 1. The summed E-state index contributed by atoms with van der Waals surface area (Å²) in [5, 5.41) is 22.6. The first-order valence-corrected chi connectivity index (χ1v) is 11.5. The van der Waals surface area contributed by atoms with Crippen molar-refractivity contribution in [1.82, 2.24) is 20.3 Å². The van der Waals surface area contributed by atoms with E-state index in [0.29, 0.717) is 35.2 Å². The third kappa shape index (κ3) is 5.30. The van der Waals surface area contributed by atoms with Gasteiger partial charge >= 0.3 is 5.97 Å². The van der Waals surface area contributed by atoms with E-state index in [1.165, 1.54) is 12.4 Å². The third-order valence-corrected chi connectivity index (χ3v) is 5.73. The molecule has 10 heteroatoms. The van der Waals surface area contributed by atoms with Gasteiger partial charge in [0.05, 0.1) is 17.8 Å². The third-order valence-electron chi connectivity index (χ3n) is 5.73. The highest BCUT2D eigenvalue weighted by atomic mass is 16.5. The van der Waals surface area contributed by atoms with Gasteiger partial charge in [-0.3, -0.25) is 4.79 Å². The molecule has 0 spiro atoms. The molecule has 0 saturated carbocycles. The smallest absolute Gasteiger partial charge is 0.329 e. The lowest BCUT2D eigenvalue weighted by atomic mass is 10.0. The fraction of sp³-hybridized carbons (Fsp3) is 0.360. The first-order chi connectivity index (χ1) is 16.9. The molecular weight excluding hydrogens is 448 g/mol. The number of piperidine rings is 1. The van der Waals surface area contributed by atoms with Gasteiger partial charge in [0.2, 0.25) is 0 Å². The van der Waals surface area contributed by atoms with Crippen molar-refractivity contribution in [2.24, 2.45) is 0 Å². The topological polar surface area (TPSA) is 141 Å². The molecule has 1 aliphatic heterocycles. The first-order valence-electron chi connectivity index (χ1n) is 11.5. The van der Waals surface area contributed by atoms with E-state index >= 15 is 0 Å². The highest BCUT2D eigenvalue weighted by molar-refractivity contribution is 6.00. The van der Waals surface area contributed by atoms with Crippen LogP contribution in [-0.4, -0.2) is 50.6 Å². The average molecular weight is 475 g/mol. The number of rotatable bonds is 6. The number of pyridine rings is 3. The van der Waals surface area contributed by atoms with E-state index < -0.39 is 11.9 Å². The fourth-order valence-electron chi connectivity index (χ4n) is 4.03. The molecule has 4 heterocycles. The van der Waals surface area contributed by atoms with Crippen molar-refractivity contribution in [3.05, 3.63) is 53.6 Å².